The Labute approximate surface area is 130 Å². The van der Waals surface area contributed by atoms with E-state index in [4.69, 9.17) is 4.74 Å². The maximum Gasteiger partial charge on any atom is 0.210 e. The first-order valence-corrected chi connectivity index (χ1v) is 8.07. The zero-order valence-corrected chi connectivity index (χ0v) is 13.9. The highest BCUT2D eigenvalue weighted by Gasteiger charge is 2.14. The van der Waals surface area contributed by atoms with Crippen molar-refractivity contribution >= 4 is 17.1 Å². The average molecular weight is 302 g/mol. The third-order valence-electron chi connectivity index (χ3n) is 3.38. The van der Waals surface area contributed by atoms with Crippen LogP contribution in [0.2, 0.25) is 0 Å². The number of carbonyl (C=O) groups is 1. The van der Waals surface area contributed by atoms with Gasteiger partial charge < -0.3 is 4.74 Å². The Morgan fingerprint density at radius 3 is 2.29 bits per heavy atom. The lowest BCUT2D eigenvalue weighted by Crippen LogP contribution is -2.12. The molecule has 2 nitrogen and oxygen atoms in total. The molecule has 21 heavy (non-hydrogen) atoms. The highest BCUT2D eigenvalue weighted by atomic mass is 32.1. The summed E-state index contributed by atoms with van der Waals surface area (Å²) in [5.74, 6) is 0.781. The molecule has 0 atom stereocenters. The Hall–Kier alpha value is -1.61. The smallest absolute Gasteiger partial charge is 0.210 e. The van der Waals surface area contributed by atoms with Gasteiger partial charge in [0.15, 0.2) is 6.61 Å². The zero-order chi connectivity index (χ0) is 15.5. The Morgan fingerprint density at radius 1 is 1.10 bits per heavy atom. The summed E-state index contributed by atoms with van der Waals surface area (Å²) in [4.78, 5) is 14.1. The summed E-state index contributed by atoms with van der Waals surface area (Å²) in [7, 11) is 0. The number of ketones is 1. The van der Waals surface area contributed by atoms with E-state index in [2.05, 4.69) is 39.8 Å². The first-order chi connectivity index (χ1) is 9.90. The molecule has 0 saturated carbocycles. The predicted molar refractivity (Wildman–Crippen MR) is 88.7 cm³/mol. The third kappa shape index (κ3) is 4.18. The number of Topliss-reactive ketones (excluding diaryl/α,β-unsaturated/α-hetero) is 1. The van der Waals surface area contributed by atoms with Crippen molar-refractivity contribution in [3.8, 4) is 5.75 Å². The van der Waals surface area contributed by atoms with Gasteiger partial charge in [-0.05, 0) is 41.7 Å². The standard InChI is InChI=1S/C18H22O2S/c1-5-15-10-11-17(21-15)16(19)12-20-14-8-6-13(7-9-14)18(2,3)4/h6-11H,5,12H2,1-4H3. The SMILES string of the molecule is CCc1ccc(C(=O)COc2ccc(C(C)(C)C)cc2)s1. The molecule has 2 aromatic rings. The molecular formula is C18H22O2S. The van der Waals surface area contributed by atoms with E-state index in [1.807, 2.05) is 24.3 Å². The van der Waals surface area contributed by atoms with Crippen LogP contribution >= 0.6 is 11.3 Å². The lowest BCUT2D eigenvalue weighted by molar-refractivity contribution is 0.0925. The summed E-state index contributed by atoms with van der Waals surface area (Å²) in [6.45, 7) is 8.71. The normalized spacial score (nSPS) is 11.4. The van der Waals surface area contributed by atoms with Crippen LogP contribution in [0.4, 0.5) is 0 Å². The topological polar surface area (TPSA) is 26.3 Å². The number of hydrogen-bond acceptors (Lipinski definition) is 3. The van der Waals surface area contributed by atoms with Crippen LogP contribution in [-0.4, -0.2) is 12.4 Å². The van der Waals surface area contributed by atoms with Gasteiger partial charge in [0, 0.05) is 4.88 Å². The van der Waals surface area contributed by atoms with Crippen LogP contribution in [0, 0.1) is 0 Å². The van der Waals surface area contributed by atoms with Gasteiger partial charge in [0.05, 0.1) is 4.88 Å². The third-order valence-corrected chi connectivity index (χ3v) is 4.65. The molecule has 0 amide bonds. The summed E-state index contributed by atoms with van der Waals surface area (Å²) < 4.78 is 5.59. The first-order valence-electron chi connectivity index (χ1n) is 7.25. The number of benzene rings is 1. The van der Waals surface area contributed by atoms with E-state index in [-0.39, 0.29) is 17.8 Å². The number of carbonyl (C=O) groups excluding carboxylic acids is 1. The van der Waals surface area contributed by atoms with Crippen LogP contribution in [0.1, 0.15) is 47.8 Å². The Balaban J connectivity index is 1.95. The number of hydrogen-bond donors (Lipinski definition) is 0. The van der Waals surface area contributed by atoms with Crippen LogP contribution in [-0.2, 0) is 11.8 Å². The zero-order valence-electron chi connectivity index (χ0n) is 13.1. The predicted octanol–water partition coefficient (Wildman–Crippen LogP) is 4.87. The van der Waals surface area contributed by atoms with E-state index >= 15 is 0 Å². The molecule has 0 spiro atoms. The van der Waals surface area contributed by atoms with Gasteiger partial charge >= 0.3 is 0 Å². The fourth-order valence-electron chi connectivity index (χ4n) is 1.99. The summed E-state index contributed by atoms with van der Waals surface area (Å²) in [5.41, 5.74) is 1.38. The van der Waals surface area contributed by atoms with Gasteiger partial charge in [-0.2, -0.15) is 0 Å². The van der Waals surface area contributed by atoms with Crippen molar-refractivity contribution in [2.24, 2.45) is 0 Å². The molecule has 0 bridgehead atoms. The summed E-state index contributed by atoms with van der Waals surface area (Å²) in [6.07, 6.45) is 0.965. The molecule has 0 unspecified atom stereocenters. The van der Waals surface area contributed by atoms with Gasteiger partial charge in [0.1, 0.15) is 5.75 Å². The van der Waals surface area contributed by atoms with Gasteiger partial charge in [-0.15, -0.1) is 11.3 Å². The Bertz CT molecular complexity index is 603. The first kappa shape index (κ1) is 15.8. The molecule has 3 heteroatoms. The highest BCUT2D eigenvalue weighted by Crippen LogP contribution is 2.24. The molecule has 2 rings (SSSR count). The molecule has 0 N–H and O–H groups in total. The van der Waals surface area contributed by atoms with Crippen molar-refractivity contribution in [1.82, 2.24) is 0 Å². The second-order valence-corrected chi connectivity index (χ2v) is 7.27. The molecule has 0 saturated heterocycles. The van der Waals surface area contributed by atoms with Crippen LogP contribution in [0.25, 0.3) is 0 Å². The van der Waals surface area contributed by atoms with E-state index in [0.29, 0.717) is 0 Å². The van der Waals surface area contributed by atoms with E-state index in [0.717, 1.165) is 17.0 Å². The largest absolute Gasteiger partial charge is 0.485 e. The molecule has 1 aromatic carbocycles. The van der Waals surface area contributed by atoms with Crippen LogP contribution in [0.3, 0.4) is 0 Å². The lowest BCUT2D eigenvalue weighted by atomic mass is 9.87. The van der Waals surface area contributed by atoms with E-state index in [1.54, 1.807) is 11.3 Å². The Kier molecular flexibility index (Phi) is 4.84. The van der Waals surface area contributed by atoms with Crippen molar-refractivity contribution in [3.63, 3.8) is 0 Å². The van der Waals surface area contributed by atoms with Crippen molar-refractivity contribution in [3.05, 3.63) is 51.7 Å². The number of thiophene rings is 1. The summed E-state index contributed by atoms with van der Waals surface area (Å²) in [6, 6.07) is 11.9. The minimum absolute atomic E-state index is 0.0413. The van der Waals surface area contributed by atoms with Gasteiger partial charge in [0.25, 0.3) is 0 Å². The lowest BCUT2D eigenvalue weighted by Gasteiger charge is -2.19. The molecule has 1 heterocycles. The van der Waals surface area contributed by atoms with Gasteiger partial charge in [-0.25, -0.2) is 0 Å². The second kappa shape index (κ2) is 6.44. The molecule has 0 aliphatic rings. The van der Waals surface area contributed by atoms with Crippen molar-refractivity contribution in [1.29, 1.82) is 0 Å². The van der Waals surface area contributed by atoms with Crippen molar-refractivity contribution < 1.29 is 9.53 Å². The van der Waals surface area contributed by atoms with Crippen LogP contribution in [0.15, 0.2) is 36.4 Å². The fraction of sp³-hybridized carbons (Fsp3) is 0.389. The fourth-order valence-corrected chi connectivity index (χ4v) is 2.86. The molecule has 0 aliphatic heterocycles. The molecular weight excluding hydrogens is 280 g/mol. The van der Waals surface area contributed by atoms with Crippen molar-refractivity contribution in [2.75, 3.05) is 6.61 Å². The number of aryl methyl sites for hydroxylation is 1. The van der Waals surface area contributed by atoms with Crippen LogP contribution < -0.4 is 4.74 Å². The van der Waals surface area contributed by atoms with Gasteiger partial charge in [0.2, 0.25) is 5.78 Å². The summed E-state index contributed by atoms with van der Waals surface area (Å²) in [5, 5.41) is 0. The maximum atomic E-state index is 12.1. The Morgan fingerprint density at radius 2 is 1.76 bits per heavy atom. The second-order valence-electron chi connectivity index (χ2n) is 6.11. The maximum absolute atomic E-state index is 12.1. The minimum atomic E-state index is 0.0413. The average Bonchev–Trinajstić information content (AvgIpc) is 2.93. The van der Waals surface area contributed by atoms with E-state index in [9.17, 15) is 4.79 Å². The van der Waals surface area contributed by atoms with E-state index < -0.39 is 0 Å². The van der Waals surface area contributed by atoms with Gasteiger partial charge in [-0.1, -0.05) is 39.8 Å². The molecule has 0 fully saturated rings. The molecule has 1 aromatic heterocycles. The number of rotatable bonds is 5. The van der Waals surface area contributed by atoms with Crippen LogP contribution in [0.5, 0.6) is 5.75 Å². The molecule has 0 radical (unpaired) electrons. The monoisotopic (exact) mass is 302 g/mol. The quantitative estimate of drug-likeness (QED) is 0.737. The molecule has 112 valence electrons. The van der Waals surface area contributed by atoms with E-state index in [1.165, 1.54) is 10.4 Å². The summed E-state index contributed by atoms with van der Waals surface area (Å²) >= 11 is 1.55. The molecule has 0 aliphatic carbocycles. The highest BCUT2D eigenvalue weighted by molar-refractivity contribution is 7.14. The number of ether oxygens (including phenoxy) is 1. The van der Waals surface area contributed by atoms with Gasteiger partial charge in [-0.3, -0.25) is 4.79 Å². The minimum Gasteiger partial charge on any atom is -0.485 e. The van der Waals surface area contributed by atoms with Crippen molar-refractivity contribution in [2.45, 2.75) is 39.5 Å².